The van der Waals surface area contributed by atoms with Gasteiger partial charge in [0.15, 0.2) is 5.78 Å². The normalized spacial score (nSPS) is 12.5. The van der Waals surface area contributed by atoms with E-state index in [-0.39, 0.29) is 10.6 Å². The second kappa shape index (κ2) is 4.84. The average Bonchev–Trinajstić information content (AvgIpc) is 2.17. The number of para-hydroxylation sites is 1. The van der Waals surface area contributed by atoms with E-state index < -0.39 is 0 Å². The average molecular weight is 274 g/mol. The lowest BCUT2D eigenvalue weighted by Gasteiger charge is -2.09. The molecular formula is C10H12BrNOS. The second-order valence-electron chi connectivity index (χ2n) is 2.90. The first-order valence-electron chi connectivity index (χ1n) is 4.18. The summed E-state index contributed by atoms with van der Waals surface area (Å²) in [5, 5.41) is 0. The van der Waals surface area contributed by atoms with Gasteiger partial charge in [-0.25, -0.2) is 0 Å². The molecule has 1 atom stereocenters. The van der Waals surface area contributed by atoms with Crippen molar-refractivity contribution in [1.82, 2.24) is 0 Å². The third-order valence-electron chi connectivity index (χ3n) is 1.91. The van der Waals surface area contributed by atoms with Gasteiger partial charge in [0, 0.05) is 10.5 Å². The predicted octanol–water partition coefficient (Wildman–Crippen LogP) is 2.96. The summed E-state index contributed by atoms with van der Waals surface area (Å²) < 4.78 is 0. The zero-order chi connectivity index (χ0) is 10.7. The number of carbonyl (C=O) groups is 1. The highest BCUT2D eigenvalue weighted by atomic mass is 79.9. The van der Waals surface area contributed by atoms with Gasteiger partial charge in [-0.1, -0.05) is 22.0 Å². The number of carbonyl (C=O) groups excluding carboxylic acids is 1. The number of halogens is 1. The maximum atomic E-state index is 11.7. The molecule has 0 fully saturated rings. The number of nitrogens with two attached hydrogens (primary N) is 1. The Kier molecular flexibility index (Phi) is 4.01. The summed E-state index contributed by atoms with van der Waals surface area (Å²) in [7, 11) is 0. The molecule has 2 N–H and O–H groups in total. The zero-order valence-corrected chi connectivity index (χ0v) is 10.5. The van der Waals surface area contributed by atoms with E-state index in [2.05, 4.69) is 15.9 Å². The van der Waals surface area contributed by atoms with Crippen molar-refractivity contribution in [3.8, 4) is 0 Å². The number of nitrogen functional groups attached to an aromatic ring is 1. The number of rotatable bonds is 3. The highest BCUT2D eigenvalue weighted by molar-refractivity contribution is 9.10. The molecule has 76 valence electrons. The molecule has 0 aromatic heterocycles. The van der Waals surface area contributed by atoms with Crippen LogP contribution in [-0.2, 0) is 0 Å². The van der Waals surface area contributed by atoms with E-state index in [4.69, 9.17) is 5.73 Å². The zero-order valence-electron chi connectivity index (χ0n) is 8.08. The van der Waals surface area contributed by atoms with Gasteiger partial charge in [-0.2, -0.15) is 0 Å². The largest absolute Gasteiger partial charge is 0.397 e. The highest BCUT2D eigenvalue weighted by Gasteiger charge is 2.15. The van der Waals surface area contributed by atoms with E-state index in [1.165, 1.54) is 0 Å². The molecular weight excluding hydrogens is 262 g/mol. The van der Waals surface area contributed by atoms with Crippen molar-refractivity contribution in [2.24, 2.45) is 0 Å². The number of hydrogen-bond acceptors (Lipinski definition) is 3. The molecule has 0 radical (unpaired) electrons. The first kappa shape index (κ1) is 11.6. The molecule has 0 saturated heterocycles. The predicted molar refractivity (Wildman–Crippen MR) is 65.4 cm³/mol. The number of thioether (sulfide) groups is 1. The Hall–Kier alpha value is -0.480. The van der Waals surface area contributed by atoms with Gasteiger partial charge >= 0.3 is 0 Å². The minimum absolute atomic E-state index is 0.0263. The summed E-state index contributed by atoms with van der Waals surface area (Å²) >= 11 is 4.79. The maximum Gasteiger partial charge on any atom is 0.178 e. The van der Waals surface area contributed by atoms with Gasteiger partial charge in [0.25, 0.3) is 0 Å². The molecule has 2 nitrogen and oxygen atoms in total. The van der Waals surface area contributed by atoms with Crippen molar-refractivity contribution in [2.45, 2.75) is 16.6 Å². The fourth-order valence-corrected chi connectivity index (χ4v) is 1.94. The van der Waals surface area contributed by atoms with Gasteiger partial charge in [-0.05, 0) is 25.3 Å². The lowest BCUT2D eigenvalue weighted by Crippen LogP contribution is -2.12. The van der Waals surface area contributed by atoms with Gasteiger partial charge < -0.3 is 5.73 Å². The fraction of sp³-hybridized carbons (Fsp3) is 0.300. The number of anilines is 1. The molecule has 1 unspecified atom stereocenters. The van der Waals surface area contributed by atoms with Crippen LogP contribution in [0.2, 0.25) is 0 Å². The molecule has 0 aliphatic heterocycles. The van der Waals surface area contributed by atoms with Gasteiger partial charge in [0.05, 0.1) is 10.5 Å². The molecule has 1 aromatic carbocycles. The molecule has 0 aliphatic carbocycles. The lowest BCUT2D eigenvalue weighted by molar-refractivity contribution is 0.0996. The van der Waals surface area contributed by atoms with Gasteiger partial charge in [-0.15, -0.1) is 11.8 Å². The Morgan fingerprint density at radius 3 is 2.71 bits per heavy atom. The van der Waals surface area contributed by atoms with Crippen LogP contribution in [0.25, 0.3) is 0 Å². The van der Waals surface area contributed by atoms with Gasteiger partial charge in [0.2, 0.25) is 0 Å². The van der Waals surface area contributed by atoms with Crippen molar-refractivity contribution in [3.63, 3.8) is 0 Å². The number of ketones is 1. The van der Waals surface area contributed by atoms with Crippen LogP contribution in [0.4, 0.5) is 5.69 Å². The topological polar surface area (TPSA) is 43.1 Å². The summed E-state index contributed by atoms with van der Waals surface area (Å²) in [6, 6.07) is 5.52. The number of benzene rings is 1. The van der Waals surface area contributed by atoms with Crippen molar-refractivity contribution >= 4 is 39.2 Å². The van der Waals surface area contributed by atoms with Crippen molar-refractivity contribution in [3.05, 3.63) is 23.8 Å². The lowest BCUT2D eigenvalue weighted by atomic mass is 10.1. The molecule has 0 heterocycles. The summed E-state index contributed by atoms with van der Waals surface area (Å²) in [6.07, 6.45) is 1.94. The van der Waals surface area contributed by atoms with E-state index >= 15 is 0 Å². The summed E-state index contributed by atoms with van der Waals surface area (Å²) in [5.74, 6) is 0.0263. The summed E-state index contributed by atoms with van der Waals surface area (Å²) in [6.45, 7) is 1.80. The summed E-state index contributed by atoms with van der Waals surface area (Å²) in [4.78, 5) is 12.5. The monoisotopic (exact) mass is 273 g/mol. The quantitative estimate of drug-likeness (QED) is 0.399. The van der Waals surface area contributed by atoms with Crippen molar-refractivity contribution < 1.29 is 4.79 Å². The third kappa shape index (κ3) is 2.30. The van der Waals surface area contributed by atoms with Crippen LogP contribution in [-0.4, -0.2) is 16.9 Å². The molecule has 0 spiro atoms. The third-order valence-corrected chi connectivity index (χ3v) is 3.12. The first-order valence-corrected chi connectivity index (χ1v) is 6.32. The minimum atomic E-state index is -0.193. The van der Waals surface area contributed by atoms with E-state index in [0.717, 1.165) is 4.90 Å². The molecule has 0 amide bonds. The molecule has 14 heavy (non-hydrogen) atoms. The van der Waals surface area contributed by atoms with Gasteiger partial charge in [0.1, 0.15) is 0 Å². The van der Waals surface area contributed by atoms with Crippen molar-refractivity contribution in [2.75, 3.05) is 12.0 Å². The second-order valence-corrected chi connectivity index (χ2v) is 5.12. The fourth-order valence-electron chi connectivity index (χ4n) is 1.15. The molecule has 0 aliphatic rings. The van der Waals surface area contributed by atoms with Crippen LogP contribution < -0.4 is 5.73 Å². The van der Waals surface area contributed by atoms with Crippen LogP contribution in [0, 0.1) is 0 Å². The van der Waals surface area contributed by atoms with Crippen LogP contribution in [0.1, 0.15) is 17.3 Å². The van der Waals surface area contributed by atoms with E-state index in [1.54, 1.807) is 24.8 Å². The smallest absolute Gasteiger partial charge is 0.178 e. The standard InChI is InChI=1S/C10H12BrNOS/c1-6(11)10(13)7-4-3-5-8(14-2)9(7)12/h3-6H,12H2,1-2H3. The van der Waals surface area contributed by atoms with Crippen LogP contribution >= 0.6 is 27.7 Å². The van der Waals surface area contributed by atoms with E-state index in [0.29, 0.717) is 11.3 Å². The SMILES string of the molecule is CSc1cccc(C(=O)C(C)Br)c1N. The molecule has 4 heteroatoms. The maximum absolute atomic E-state index is 11.7. The van der Waals surface area contributed by atoms with E-state index in [1.807, 2.05) is 18.4 Å². The number of hydrogen-bond donors (Lipinski definition) is 1. The van der Waals surface area contributed by atoms with Crippen LogP contribution in [0.3, 0.4) is 0 Å². The Labute approximate surface area is 96.4 Å². The van der Waals surface area contributed by atoms with Gasteiger partial charge in [-0.3, -0.25) is 4.79 Å². The Balaban J connectivity index is 3.16. The number of alkyl halides is 1. The number of Topliss-reactive ketones (excluding diaryl/α,β-unsaturated/α-hetero) is 1. The molecule has 1 rings (SSSR count). The van der Waals surface area contributed by atoms with Crippen LogP contribution in [0.5, 0.6) is 0 Å². The molecule has 1 aromatic rings. The highest BCUT2D eigenvalue weighted by Crippen LogP contribution is 2.27. The molecule has 0 saturated carbocycles. The first-order chi connectivity index (χ1) is 6.57. The van der Waals surface area contributed by atoms with E-state index in [9.17, 15) is 4.79 Å². The van der Waals surface area contributed by atoms with Crippen molar-refractivity contribution in [1.29, 1.82) is 0 Å². The van der Waals surface area contributed by atoms with Crippen LogP contribution in [0.15, 0.2) is 23.1 Å². The Bertz CT molecular complexity index is 352. The summed E-state index contributed by atoms with van der Waals surface area (Å²) in [5.41, 5.74) is 7.05. The Morgan fingerprint density at radius 1 is 1.57 bits per heavy atom. The molecule has 0 bridgehead atoms. The minimum Gasteiger partial charge on any atom is -0.397 e. The Morgan fingerprint density at radius 2 is 2.21 bits per heavy atom.